The van der Waals surface area contributed by atoms with Gasteiger partial charge in [-0.05, 0) is 51.0 Å². The van der Waals surface area contributed by atoms with Crippen LogP contribution in [0.3, 0.4) is 0 Å². The zero-order valence-electron chi connectivity index (χ0n) is 11.4. The molecule has 3 heteroatoms. The molecule has 2 saturated carbocycles. The van der Waals surface area contributed by atoms with E-state index in [4.69, 9.17) is 0 Å². The summed E-state index contributed by atoms with van der Waals surface area (Å²) in [5, 5.41) is 3.71. The van der Waals surface area contributed by atoms with Crippen LogP contribution >= 0.6 is 0 Å². The van der Waals surface area contributed by atoms with Crippen molar-refractivity contribution in [2.75, 3.05) is 6.54 Å². The third kappa shape index (κ3) is 2.77. The van der Waals surface area contributed by atoms with Crippen molar-refractivity contribution >= 4 is 0 Å². The van der Waals surface area contributed by atoms with Crippen LogP contribution in [0, 0.1) is 11.8 Å². The lowest BCUT2D eigenvalue weighted by molar-refractivity contribution is 0.355. The van der Waals surface area contributed by atoms with Gasteiger partial charge in [0.2, 0.25) is 0 Å². The van der Waals surface area contributed by atoms with E-state index in [2.05, 4.69) is 28.0 Å². The average molecular weight is 247 g/mol. The molecule has 0 saturated heterocycles. The maximum atomic E-state index is 4.54. The fourth-order valence-electron chi connectivity index (χ4n) is 3.31. The van der Waals surface area contributed by atoms with Gasteiger partial charge in [0.15, 0.2) is 0 Å². The summed E-state index contributed by atoms with van der Waals surface area (Å²) >= 11 is 0. The van der Waals surface area contributed by atoms with Crippen LogP contribution in [-0.4, -0.2) is 22.1 Å². The molecule has 18 heavy (non-hydrogen) atoms. The SMILES string of the molecule is CCn1ccnc1CC1CCCC1CNC1CC1. The molecule has 1 aromatic heterocycles. The van der Waals surface area contributed by atoms with Crippen LogP contribution in [0.15, 0.2) is 12.4 Å². The summed E-state index contributed by atoms with van der Waals surface area (Å²) in [6.07, 6.45) is 12.3. The summed E-state index contributed by atoms with van der Waals surface area (Å²) in [6, 6.07) is 0.851. The molecule has 1 heterocycles. The van der Waals surface area contributed by atoms with Gasteiger partial charge in [-0.25, -0.2) is 4.98 Å². The van der Waals surface area contributed by atoms with Gasteiger partial charge in [-0.15, -0.1) is 0 Å². The molecule has 0 bridgehead atoms. The molecule has 0 aromatic carbocycles. The van der Waals surface area contributed by atoms with Gasteiger partial charge < -0.3 is 9.88 Å². The zero-order chi connectivity index (χ0) is 12.4. The van der Waals surface area contributed by atoms with E-state index in [1.807, 2.05) is 6.20 Å². The van der Waals surface area contributed by atoms with Crippen molar-refractivity contribution in [2.24, 2.45) is 11.8 Å². The second kappa shape index (κ2) is 5.43. The van der Waals surface area contributed by atoms with Gasteiger partial charge in [-0.2, -0.15) is 0 Å². The molecular formula is C15H25N3. The maximum Gasteiger partial charge on any atom is 0.108 e. The highest BCUT2D eigenvalue weighted by molar-refractivity contribution is 4.97. The lowest BCUT2D eigenvalue weighted by Crippen LogP contribution is -2.28. The predicted molar refractivity (Wildman–Crippen MR) is 73.5 cm³/mol. The Morgan fingerprint density at radius 1 is 1.28 bits per heavy atom. The quantitative estimate of drug-likeness (QED) is 0.837. The molecule has 0 amide bonds. The molecule has 0 spiro atoms. The number of nitrogens with one attached hydrogen (secondary N) is 1. The minimum Gasteiger partial charge on any atom is -0.335 e. The molecule has 2 fully saturated rings. The zero-order valence-corrected chi connectivity index (χ0v) is 11.4. The third-order valence-corrected chi connectivity index (χ3v) is 4.65. The number of imidazole rings is 1. The topological polar surface area (TPSA) is 29.9 Å². The molecule has 1 aromatic rings. The minimum atomic E-state index is 0.851. The molecule has 2 atom stereocenters. The van der Waals surface area contributed by atoms with Crippen LogP contribution in [0.2, 0.25) is 0 Å². The molecule has 0 aliphatic heterocycles. The lowest BCUT2D eigenvalue weighted by atomic mass is 9.92. The number of hydrogen-bond acceptors (Lipinski definition) is 2. The second-order valence-electron chi connectivity index (χ2n) is 5.97. The predicted octanol–water partition coefficient (Wildman–Crippen LogP) is 2.61. The van der Waals surface area contributed by atoms with E-state index in [0.717, 1.165) is 24.4 Å². The van der Waals surface area contributed by atoms with Gasteiger partial charge in [-0.1, -0.05) is 6.42 Å². The van der Waals surface area contributed by atoms with Gasteiger partial charge in [0.25, 0.3) is 0 Å². The van der Waals surface area contributed by atoms with Crippen molar-refractivity contribution in [3.63, 3.8) is 0 Å². The van der Waals surface area contributed by atoms with Gasteiger partial charge in [0.05, 0.1) is 0 Å². The first-order valence-electron chi connectivity index (χ1n) is 7.60. The first kappa shape index (κ1) is 12.2. The van der Waals surface area contributed by atoms with E-state index < -0.39 is 0 Å². The first-order valence-corrected chi connectivity index (χ1v) is 7.60. The summed E-state index contributed by atoms with van der Waals surface area (Å²) in [7, 11) is 0. The summed E-state index contributed by atoms with van der Waals surface area (Å²) < 4.78 is 2.30. The Morgan fingerprint density at radius 3 is 2.89 bits per heavy atom. The molecule has 1 N–H and O–H groups in total. The number of hydrogen-bond donors (Lipinski definition) is 1. The number of rotatable bonds is 6. The van der Waals surface area contributed by atoms with Crippen molar-refractivity contribution < 1.29 is 0 Å². The van der Waals surface area contributed by atoms with Gasteiger partial charge in [0, 0.05) is 31.4 Å². The van der Waals surface area contributed by atoms with Gasteiger partial charge in [-0.3, -0.25) is 0 Å². The minimum absolute atomic E-state index is 0.851. The maximum absolute atomic E-state index is 4.54. The molecule has 2 aliphatic rings. The third-order valence-electron chi connectivity index (χ3n) is 4.65. The van der Waals surface area contributed by atoms with Crippen LogP contribution < -0.4 is 5.32 Å². The molecule has 2 unspecified atom stereocenters. The summed E-state index contributed by atoms with van der Waals surface area (Å²) in [6.45, 7) is 4.49. The first-order chi connectivity index (χ1) is 8.86. The van der Waals surface area contributed by atoms with Crippen LogP contribution in [0.25, 0.3) is 0 Å². The van der Waals surface area contributed by atoms with Gasteiger partial charge >= 0.3 is 0 Å². The van der Waals surface area contributed by atoms with Crippen molar-refractivity contribution in [1.29, 1.82) is 0 Å². The van der Waals surface area contributed by atoms with Crippen LogP contribution in [-0.2, 0) is 13.0 Å². The lowest BCUT2D eigenvalue weighted by Gasteiger charge is -2.20. The molecule has 3 rings (SSSR count). The summed E-state index contributed by atoms with van der Waals surface area (Å²) in [5.41, 5.74) is 0. The van der Waals surface area contributed by atoms with Gasteiger partial charge in [0.1, 0.15) is 5.82 Å². The van der Waals surface area contributed by atoms with E-state index in [9.17, 15) is 0 Å². The Kier molecular flexibility index (Phi) is 3.69. The molecule has 3 nitrogen and oxygen atoms in total. The Balaban J connectivity index is 1.56. The Bertz CT molecular complexity index is 381. The second-order valence-corrected chi connectivity index (χ2v) is 5.97. The highest BCUT2D eigenvalue weighted by atomic mass is 15.1. The standard InChI is InChI=1S/C15H25N3/c1-2-18-9-8-16-15(18)10-12-4-3-5-13(12)11-17-14-6-7-14/h8-9,12-14,17H,2-7,10-11H2,1H3. The van der Waals surface area contributed by atoms with E-state index >= 15 is 0 Å². The largest absolute Gasteiger partial charge is 0.335 e. The monoisotopic (exact) mass is 247 g/mol. The molecule has 2 aliphatic carbocycles. The molecule has 100 valence electrons. The molecular weight excluding hydrogens is 222 g/mol. The summed E-state index contributed by atoms with van der Waals surface area (Å²) in [5.74, 6) is 3.03. The Labute approximate surface area is 110 Å². The Morgan fingerprint density at radius 2 is 2.11 bits per heavy atom. The smallest absolute Gasteiger partial charge is 0.108 e. The van der Waals surface area contributed by atoms with E-state index in [-0.39, 0.29) is 0 Å². The van der Waals surface area contributed by atoms with Crippen molar-refractivity contribution in [1.82, 2.24) is 14.9 Å². The van der Waals surface area contributed by atoms with E-state index in [1.54, 1.807) is 0 Å². The average Bonchev–Trinajstić information content (AvgIpc) is 2.94. The Hall–Kier alpha value is -0.830. The van der Waals surface area contributed by atoms with Crippen molar-refractivity contribution in [2.45, 2.75) is 58.0 Å². The number of nitrogens with zero attached hydrogens (tertiary/aromatic N) is 2. The van der Waals surface area contributed by atoms with E-state index in [0.29, 0.717) is 0 Å². The van der Waals surface area contributed by atoms with Crippen LogP contribution in [0.4, 0.5) is 0 Å². The van der Waals surface area contributed by atoms with E-state index in [1.165, 1.54) is 50.9 Å². The van der Waals surface area contributed by atoms with Crippen molar-refractivity contribution in [3.05, 3.63) is 18.2 Å². The highest BCUT2D eigenvalue weighted by Crippen LogP contribution is 2.34. The highest BCUT2D eigenvalue weighted by Gasteiger charge is 2.30. The van der Waals surface area contributed by atoms with Crippen LogP contribution in [0.1, 0.15) is 44.9 Å². The van der Waals surface area contributed by atoms with Crippen molar-refractivity contribution in [3.8, 4) is 0 Å². The van der Waals surface area contributed by atoms with Crippen LogP contribution in [0.5, 0.6) is 0 Å². The fraction of sp³-hybridized carbons (Fsp3) is 0.800. The number of aryl methyl sites for hydroxylation is 1. The number of aromatic nitrogens is 2. The fourth-order valence-corrected chi connectivity index (χ4v) is 3.31. The normalized spacial score (nSPS) is 27.8. The molecule has 0 radical (unpaired) electrons. The summed E-state index contributed by atoms with van der Waals surface area (Å²) in [4.78, 5) is 4.54.